The van der Waals surface area contributed by atoms with E-state index in [2.05, 4.69) is 10.1 Å². The summed E-state index contributed by atoms with van der Waals surface area (Å²) in [5.74, 6) is -0.554. The number of nitrogens with one attached hydrogen (secondary N) is 1. The van der Waals surface area contributed by atoms with Gasteiger partial charge >= 0.3 is 6.61 Å². The molecule has 1 aliphatic carbocycles. The third kappa shape index (κ3) is 2.97. The zero-order valence-corrected chi connectivity index (χ0v) is 10.3. The average molecular weight is 277 g/mol. The Kier molecular flexibility index (Phi) is 3.82. The first-order valence-electron chi connectivity index (χ1n) is 5.48. The molecule has 100 valence electrons. The molecular weight excluding hydrogens is 264 g/mol. The zero-order valence-electron chi connectivity index (χ0n) is 9.49. The topological polar surface area (TPSA) is 58.6 Å². The minimum absolute atomic E-state index is 0.0259. The maximum absolute atomic E-state index is 12.1. The van der Waals surface area contributed by atoms with Crippen molar-refractivity contribution in [1.82, 2.24) is 5.32 Å². The second-order valence-corrected chi connectivity index (χ2v) is 5.25. The molecule has 0 aromatic carbocycles. The Morgan fingerprint density at radius 1 is 1.61 bits per heavy atom. The third-order valence-corrected chi connectivity index (χ3v) is 3.86. The molecule has 4 nitrogen and oxygen atoms in total. The fraction of sp³-hybridized carbons (Fsp3) is 0.545. The minimum atomic E-state index is -2.95. The predicted octanol–water partition coefficient (Wildman–Crippen LogP) is 1.85. The molecule has 0 aliphatic heterocycles. The Hall–Kier alpha value is -1.21. The zero-order chi connectivity index (χ0) is 13.2. The van der Waals surface area contributed by atoms with Crippen LogP contribution in [0.3, 0.4) is 0 Å². The first-order valence-corrected chi connectivity index (χ1v) is 6.36. The number of alkyl halides is 2. The summed E-state index contributed by atoms with van der Waals surface area (Å²) in [7, 11) is 0. The van der Waals surface area contributed by atoms with Gasteiger partial charge in [0.15, 0.2) is 0 Å². The van der Waals surface area contributed by atoms with Crippen LogP contribution in [0.5, 0.6) is 5.75 Å². The van der Waals surface area contributed by atoms with Gasteiger partial charge in [0.05, 0.1) is 6.61 Å². The van der Waals surface area contributed by atoms with Gasteiger partial charge in [-0.3, -0.25) is 4.79 Å². The van der Waals surface area contributed by atoms with Crippen LogP contribution in [0.25, 0.3) is 0 Å². The van der Waals surface area contributed by atoms with E-state index in [4.69, 9.17) is 5.11 Å². The number of thiophene rings is 1. The summed E-state index contributed by atoms with van der Waals surface area (Å²) in [6.45, 7) is -2.56. The van der Waals surface area contributed by atoms with Gasteiger partial charge in [-0.15, -0.1) is 11.3 Å². The van der Waals surface area contributed by atoms with E-state index in [9.17, 15) is 13.6 Å². The molecule has 0 bridgehead atoms. The molecule has 1 aromatic heterocycles. The lowest BCUT2D eigenvalue weighted by molar-refractivity contribution is -0.0498. The highest BCUT2D eigenvalue weighted by Crippen LogP contribution is 2.44. The van der Waals surface area contributed by atoms with Crippen LogP contribution in [0.2, 0.25) is 0 Å². The largest absolute Gasteiger partial charge is 0.433 e. The highest BCUT2D eigenvalue weighted by atomic mass is 32.1. The van der Waals surface area contributed by atoms with Crippen LogP contribution >= 0.6 is 11.3 Å². The Morgan fingerprint density at radius 2 is 2.33 bits per heavy atom. The van der Waals surface area contributed by atoms with Crippen LogP contribution in [-0.4, -0.2) is 30.8 Å². The molecule has 1 aliphatic rings. The molecule has 1 fully saturated rings. The molecule has 1 saturated carbocycles. The molecule has 0 spiro atoms. The molecule has 0 saturated heterocycles. The Morgan fingerprint density at radius 3 is 2.89 bits per heavy atom. The molecule has 0 atom stereocenters. The lowest BCUT2D eigenvalue weighted by Crippen LogP contribution is -2.31. The molecule has 1 amide bonds. The van der Waals surface area contributed by atoms with E-state index in [0.29, 0.717) is 6.54 Å². The second-order valence-electron chi connectivity index (χ2n) is 4.33. The number of aliphatic hydroxyl groups is 1. The summed E-state index contributed by atoms with van der Waals surface area (Å²) in [4.78, 5) is 11.9. The third-order valence-electron chi connectivity index (χ3n) is 2.97. The number of carbonyl (C=O) groups is 1. The van der Waals surface area contributed by atoms with Gasteiger partial charge in [-0.1, -0.05) is 0 Å². The normalized spacial score (nSPS) is 16.7. The maximum atomic E-state index is 12.1. The van der Waals surface area contributed by atoms with Crippen molar-refractivity contribution in [1.29, 1.82) is 0 Å². The van der Waals surface area contributed by atoms with Crippen molar-refractivity contribution in [2.75, 3.05) is 13.2 Å². The van der Waals surface area contributed by atoms with Crippen molar-refractivity contribution >= 4 is 17.2 Å². The minimum Gasteiger partial charge on any atom is -0.433 e. The van der Waals surface area contributed by atoms with Gasteiger partial charge in [-0.05, 0) is 24.3 Å². The molecule has 0 unspecified atom stereocenters. The van der Waals surface area contributed by atoms with E-state index < -0.39 is 12.5 Å². The Bertz CT molecular complexity index is 432. The number of hydrogen-bond donors (Lipinski definition) is 2. The van der Waals surface area contributed by atoms with Crippen molar-refractivity contribution < 1.29 is 23.4 Å². The van der Waals surface area contributed by atoms with Crippen LogP contribution in [0.15, 0.2) is 11.4 Å². The van der Waals surface area contributed by atoms with Gasteiger partial charge in [0, 0.05) is 12.0 Å². The van der Waals surface area contributed by atoms with Gasteiger partial charge in [0.2, 0.25) is 0 Å². The molecule has 0 radical (unpaired) electrons. The highest BCUT2D eigenvalue weighted by Gasteiger charge is 2.42. The van der Waals surface area contributed by atoms with E-state index >= 15 is 0 Å². The van der Waals surface area contributed by atoms with E-state index in [1.807, 2.05) is 0 Å². The number of halogens is 2. The Balaban J connectivity index is 1.94. The van der Waals surface area contributed by atoms with Gasteiger partial charge in [0.25, 0.3) is 5.91 Å². The summed E-state index contributed by atoms with van der Waals surface area (Å²) >= 11 is 1.05. The van der Waals surface area contributed by atoms with E-state index in [1.54, 1.807) is 0 Å². The molecule has 1 heterocycles. The monoisotopic (exact) mass is 277 g/mol. The number of amides is 1. The summed E-state index contributed by atoms with van der Waals surface area (Å²) in [5, 5.41) is 13.3. The van der Waals surface area contributed by atoms with Crippen molar-refractivity contribution in [2.45, 2.75) is 19.5 Å². The van der Waals surface area contributed by atoms with E-state index in [0.717, 1.165) is 24.2 Å². The van der Waals surface area contributed by atoms with Gasteiger partial charge in [0.1, 0.15) is 10.6 Å². The molecule has 18 heavy (non-hydrogen) atoms. The number of aliphatic hydroxyl groups excluding tert-OH is 1. The van der Waals surface area contributed by atoms with Gasteiger partial charge in [-0.2, -0.15) is 8.78 Å². The lowest BCUT2D eigenvalue weighted by atomic mass is 10.1. The fourth-order valence-electron chi connectivity index (χ4n) is 1.57. The molecular formula is C11H13F2NO3S. The maximum Gasteiger partial charge on any atom is 0.387 e. The van der Waals surface area contributed by atoms with Gasteiger partial charge in [-0.25, -0.2) is 0 Å². The van der Waals surface area contributed by atoms with E-state index in [1.165, 1.54) is 11.4 Å². The van der Waals surface area contributed by atoms with Crippen LogP contribution in [0, 0.1) is 5.41 Å². The fourth-order valence-corrected chi connectivity index (χ4v) is 2.31. The average Bonchev–Trinajstić information content (AvgIpc) is 2.98. The Labute approximate surface area is 107 Å². The van der Waals surface area contributed by atoms with Crippen LogP contribution in [-0.2, 0) is 0 Å². The lowest BCUT2D eigenvalue weighted by Gasteiger charge is -2.12. The van der Waals surface area contributed by atoms with Crippen molar-refractivity contribution in [3.8, 4) is 5.75 Å². The van der Waals surface area contributed by atoms with Crippen LogP contribution in [0.1, 0.15) is 22.5 Å². The molecule has 2 N–H and O–H groups in total. The van der Waals surface area contributed by atoms with Crippen molar-refractivity contribution in [3.05, 3.63) is 16.3 Å². The van der Waals surface area contributed by atoms with Gasteiger partial charge < -0.3 is 15.2 Å². The summed E-state index contributed by atoms with van der Waals surface area (Å²) in [6, 6.07) is 1.34. The summed E-state index contributed by atoms with van der Waals surface area (Å²) < 4.78 is 28.4. The standard InChI is InChI=1S/C11H13F2NO3S/c12-10(13)17-7-1-4-18-8(7)9(16)14-5-11(6-15)2-3-11/h1,4,10,15H,2-3,5-6H2,(H,14,16). The molecule has 1 aromatic rings. The predicted molar refractivity (Wildman–Crippen MR) is 62.0 cm³/mol. The second kappa shape index (κ2) is 5.19. The summed E-state index contributed by atoms with van der Waals surface area (Å²) in [6.07, 6.45) is 1.74. The van der Waals surface area contributed by atoms with Crippen molar-refractivity contribution in [3.63, 3.8) is 0 Å². The number of ether oxygens (including phenoxy) is 1. The number of hydrogen-bond acceptors (Lipinski definition) is 4. The first kappa shape index (κ1) is 13.2. The molecule has 2 rings (SSSR count). The SMILES string of the molecule is O=C(NCC1(CO)CC1)c1sccc1OC(F)F. The van der Waals surface area contributed by atoms with Crippen molar-refractivity contribution in [2.24, 2.45) is 5.41 Å². The van der Waals surface area contributed by atoms with E-state index in [-0.39, 0.29) is 22.6 Å². The quantitative estimate of drug-likeness (QED) is 0.834. The summed E-state index contributed by atoms with van der Waals surface area (Å²) in [5.41, 5.74) is -0.212. The van der Waals surface area contributed by atoms with Crippen LogP contribution in [0.4, 0.5) is 8.78 Å². The smallest absolute Gasteiger partial charge is 0.387 e. The highest BCUT2D eigenvalue weighted by molar-refractivity contribution is 7.12. The first-order chi connectivity index (χ1) is 8.56. The van der Waals surface area contributed by atoms with Crippen LogP contribution < -0.4 is 10.1 Å². The molecule has 7 heteroatoms. The number of carbonyl (C=O) groups excluding carboxylic acids is 1. The number of rotatable bonds is 6.